The van der Waals surface area contributed by atoms with Gasteiger partial charge < -0.3 is 9.80 Å². The van der Waals surface area contributed by atoms with Crippen LogP contribution in [0.3, 0.4) is 0 Å². The van der Waals surface area contributed by atoms with Gasteiger partial charge in [-0.25, -0.2) is 4.79 Å². The summed E-state index contributed by atoms with van der Waals surface area (Å²) in [4.78, 5) is 25.8. The molecule has 4 aromatic carbocycles. The van der Waals surface area contributed by atoms with E-state index in [9.17, 15) is 4.79 Å². The summed E-state index contributed by atoms with van der Waals surface area (Å²) in [5, 5.41) is 1.31. The lowest BCUT2D eigenvalue weighted by molar-refractivity contribution is 0.130. The molecule has 2 amide bonds. The van der Waals surface area contributed by atoms with Crippen LogP contribution in [0.4, 0.5) is 4.79 Å². The van der Waals surface area contributed by atoms with E-state index in [-0.39, 0.29) is 18.1 Å². The molecule has 6 rings (SSSR count). The molecule has 0 aromatic heterocycles. The first-order chi connectivity index (χ1) is 19.5. The minimum Gasteiger partial charge on any atom is -0.322 e. The molecule has 1 saturated heterocycles. The van der Waals surface area contributed by atoms with Gasteiger partial charge in [0.25, 0.3) is 0 Å². The number of likely N-dealkylation sites (N-methyl/N-ethyl adjacent to an activating group) is 1. The maximum absolute atomic E-state index is 14.4. The second-order valence-electron chi connectivity index (χ2n) is 10.3. The number of aliphatic imine (C=N–C) groups is 1. The Balaban J connectivity index is 1.49. The van der Waals surface area contributed by atoms with Crippen LogP contribution in [0.5, 0.6) is 0 Å². The van der Waals surface area contributed by atoms with E-state index in [1.54, 1.807) is 0 Å². The lowest BCUT2D eigenvalue weighted by Crippen LogP contribution is -2.53. The van der Waals surface area contributed by atoms with Crippen molar-refractivity contribution in [3.05, 3.63) is 130 Å². The van der Waals surface area contributed by atoms with E-state index < -0.39 is 0 Å². The highest BCUT2D eigenvalue weighted by Crippen LogP contribution is 2.44. The second kappa shape index (κ2) is 11.5. The number of rotatable bonds is 4. The molecular formula is C33H30Cl2N4O. The number of hydrogen-bond donors (Lipinski definition) is 0. The fourth-order valence-corrected chi connectivity index (χ4v) is 5.74. The van der Waals surface area contributed by atoms with Gasteiger partial charge in [0.15, 0.2) is 0 Å². The van der Waals surface area contributed by atoms with Crippen molar-refractivity contribution in [2.45, 2.75) is 12.1 Å². The van der Waals surface area contributed by atoms with Crippen molar-refractivity contribution in [1.29, 1.82) is 0 Å². The molecule has 2 aliphatic rings. The highest BCUT2D eigenvalue weighted by atomic mass is 35.5. The summed E-state index contributed by atoms with van der Waals surface area (Å²) in [6.07, 6.45) is 0. The average Bonchev–Trinajstić information content (AvgIpc) is 3.39. The number of nitrogens with zero attached hydrogens (tertiary/aromatic N) is 4. The molecule has 2 unspecified atom stereocenters. The summed E-state index contributed by atoms with van der Waals surface area (Å²) in [6, 6.07) is 33.4. The Morgan fingerprint density at radius 3 is 1.93 bits per heavy atom. The largest absolute Gasteiger partial charge is 0.326 e. The molecule has 0 saturated carbocycles. The van der Waals surface area contributed by atoms with Crippen molar-refractivity contribution in [2.24, 2.45) is 4.99 Å². The molecule has 2 atom stereocenters. The maximum Gasteiger partial charge on any atom is 0.326 e. The van der Waals surface area contributed by atoms with Gasteiger partial charge in [0.05, 0.1) is 6.04 Å². The van der Waals surface area contributed by atoms with Crippen LogP contribution in [0.1, 0.15) is 28.8 Å². The SMILES string of the molecule is CN1CCN(C(=O)N2C(c3cccc(-c4ccccc4)c3)=NC(c3ccc(Cl)cc3)C2c2ccc(Cl)cc2)CC1. The van der Waals surface area contributed by atoms with Crippen LogP contribution in [-0.2, 0) is 0 Å². The molecule has 0 radical (unpaired) electrons. The average molecular weight is 570 g/mol. The van der Waals surface area contributed by atoms with Crippen molar-refractivity contribution in [2.75, 3.05) is 33.2 Å². The van der Waals surface area contributed by atoms with Gasteiger partial charge in [-0.2, -0.15) is 0 Å². The third-order valence-electron chi connectivity index (χ3n) is 7.70. The first kappa shape index (κ1) is 26.6. The molecule has 1 fully saturated rings. The Morgan fingerprint density at radius 1 is 0.700 bits per heavy atom. The van der Waals surface area contributed by atoms with Crippen molar-refractivity contribution in [3.63, 3.8) is 0 Å². The molecule has 7 heteroatoms. The van der Waals surface area contributed by atoms with Crippen molar-refractivity contribution >= 4 is 35.1 Å². The number of piperazine rings is 1. The van der Waals surface area contributed by atoms with E-state index in [0.717, 1.165) is 40.9 Å². The van der Waals surface area contributed by atoms with Gasteiger partial charge in [0.2, 0.25) is 0 Å². The van der Waals surface area contributed by atoms with Crippen molar-refractivity contribution in [1.82, 2.24) is 14.7 Å². The predicted molar refractivity (Wildman–Crippen MR) is 163 cm³/mol. The molecule has 4 aromatic rings. The van der Waals surface area contributed by atoms with Crippen LogP contribution in [0.2, 0.25) is 10.0 Å². The summed E-state index contributed by atoms with van der Waals surface area (Å²) in [5.74, 6) is 0.668. The zero-order valence-electron chi connectivity index (χ0n) is 22.3. The highest BCUT2D eigenvalue weighted by Gasteiger charge is 2.44. The second-order valence-corrected chi connectivity index (χ2v) is 11.2. The molecule has 2 aliphatic heterocycles. The predicted octanol–water partition coefficient (Wildman–Crippen LogP) is 7.57. The highest BCUT2D eigenvalue weighted by molar-refractivity contribution is 6.30. The third-order valence-corrected chi connectivity index (χ3v) is 8.20. The number of carbonyl (C=O) groups is 1. The van der Waals surface area contributed by atoms with Crippen LogP contribution in [0.25, 0.3) is 11.1 Å². The monoisotopic (exact) mass is 568 g/mol. The summed E-state index contributed by atoms with van der Waals surface area (Å²) in [7, 11) is 2.09. The number of halogens is 2. The fourth-order valence-electron chi connectivity index (χ4n) is 5.49. The van der Waals surface area contributed by atoms with Gasteiger partial charge in [-0.3, -0.25) is 9.89 Å². The minimum absolute atomic E-state index is 0.0339. The number of benzene rings is 4. The quantitative estimate of drug-likeness (QED) is 0.254. The van der Waals surface area contributed by atoms with E-state index in [1.807, 2.05) is 88.7 Å². The Bertz CT molecular complexity index is 1510. The number of amides is 2. The van der Waals surface area contributed by atoms with Gasteiger partial charge in [-0.05, 0) is 59.6 Å². The van der Waals surface area contributed by atoms with E-state index in [1.165, 1.54) is 0 Å². The molecule has 5 nitrogen and oxygen atoms in total. The molecule has 0 aliphatic carbocycles. The van der Waals surface area contributed by atoms with E-state index in [2.05, 4.69) is 36.2 Å². The normalized spacial score (nSPS) is 19.5. The number of amidine groups is 1. The van der Waals surface area contributed by atoms with Gasteiger partial charge in [-0.1, -0.05) is 96.0 Å². The van der Waals surface area contributed by atoms with Gasteiger partial charge in [0, 0.05) is 41.8 Å². The topological polar surface area (TPSA) is 39.1 Å². The standard InChI is InChI=1S/C33H30Cl2N4O/c1-37-18-20-38(21-19-37)33(40)39-31(25-12-16-29(35)17-13-25)30(24-10-14-28(34)15-11-24)36-32(39)27-9-5-8-26(22-27)23-6-3-2-4-7-23/h2-17,22,30-31H,18-21H2,1H3. The van der Waals surface area contributed by atoms with Crippen molar-refractivity contribution < 1.29 is 4.79 Å². The number of hydrogen-bond acceptors (Lipinski definition) is 3. The van der Waals surface area contributed by atoms with Crippen LogP contribution in [-0.4, -0.2) is 59.8 Å². The smallest absolute Gasteiger partial charge is 0.322 e. The molecule has 2 heterocycles. The Hall–Kier alpha value is -3.64. The Labute approximate surface area is 245 Å². The van der Waals surface area contributed by atoms with Gasteiger partial charge >= 0.3 is 6.03 Å². The van der Waals surface area contributed by atoms with Crippen LogP contribution >= 0.6 is 23.2 Å². The van der Waals surface area contributed by atoms with Gasteiger partial charge in [0.1, 0.15) is 11.9 Å². The van der Waals surface area contributed by atoms with Crippen LogP contribution < -0.4 is 0 Å². The summed E-state index contributed by atoms with van der Waals surface area (Å²) in [6.45, 7) is 3.01. The van der Waals surface area contributed by atoms with E-state index >= 15 is 0 Å². The van der Waals surface area contributed by atoms with E-state index in [0.29, 0.717) is 29.0 Å². The Morgan fingerprint density at radius 2 is 1.27 bits per heavy atom. The zero-order valence-corrected chi connectivity index (χ0v) is 23.8. The first-order valence-corrected chi connectivity index (χ1v) is 14.2. The Kier molecular flexibility index (Phi) is 7.61. The first-order valence-electron chi connectivity index (χ1n) is 13.5. The van der Waals surface area contributed by atoms with Gasteiger partial charge in [-0.15, -0.1) is 0 Å². The molecule has 0 N–H and O–H groups in total. The summed E-state index contributed by atoms with van der Waals surface area (Å²) in [5.41, 5.74) is 5.06. The maximum atomic E-state index is 14.4. The summed E-state index contributed by atoms with van der Waals surface area (Å²) >= 11 is 12.5. The fraction of sp³-hybridized carbons (Fsp3) is 0.212. The lowest BCUT2D eigenvalue weighted by Gasteiger charge is -2.38. The lowest BCUT2D eigenvalue weighted by atomic mass is 9.93. The van der Waals surface area contributed by atoms with E-state index in [4.69, 9.17) is 28.2 Å². The number of urea groups is 1. The molecule has 202 valence electrons. The molecule has 40 heavy (non-hydrogen) atoms. The summed E-state index contributed by atoms with van der Waals surface area (Å²) < 4.78 is 0. The third kappa shape index (κ3) is 5.37. The van der Waals surface area contributed by atoms with Crippen LogP contribution in [0.15, 0.2) is 108 Å². The van der Waals surface area contributed by atoms with Crippen LogP contribution in [0, 0.1) is 0 Å². The minimum atomic E-state index is -0.346. The molecule has 0 bridgehead atoms. The number of carbonyl (C=O) groups excluding carboxylic acids is 1. The molecule has 0 spiro atoms. The zero-order chi connectivity index (χ0) is 27.6. The van der Waals surface area contributed by atoms with Crippen molar-refractivity contribution in [3.8, 4) is 11.1 Å². The molecular weight excluding hydrogens is 539 g/mol.